The van der Waals surface area contributed by atoms with E-state index in [4.69, 9.17) is 9.72 Å². The van der Waals surface area contributed by atoms with Crippen LogP contribution in [-0.4, -0.2) is 40.0 Å². The van der Waals surface area contributed by atoms with E-state index in [1.54, 1.807) is 18.4 Å². The summed E-state index contributed by atoms with van der Waals surface area (Å²) in [7, 11) is 1.66. The number of nitrogens with one attached hydrogen (secondary N) is 1. The molecule has 1 aliphatic rings. The molecule has 8 heteroatoms. The highest BCUT2D eigenvalue weighted by molar-refractivity contribution is 7.99. The van der Waals surface area contributed by atoms with Crippen molar-refractivity contribution in [1.82, 2.24) is 20.5 Å². The first kappa shape index (κ1) is 21.8. The van der Waals surface area contributed by atoms with Crippen LogP contribution in [0, 0.1) is 6.92 Å². The standard InChI is InChI=1S/C23H26N4O2S2/c1-15-22(31-23(24-15)16-8-10-18(29-2)11-9-16)19-12-13-21(27-26-19)30-14-20(28)25-17-6-4-3-5-7-17/h8-13,17H,3-7,14H2,1-2H3,(H,25,28). The number of nitrogens with zero attached hydrogens (tertiary/aromatic N) is 3. The Morgan fingerprint density at radius 1 is 1.13 bits per heavy atom. The molecular formula is C23H26N4O2S2. The predicted molar refractivity (Wildman–Crippen MR) is 126 cm³/mol. The maximum absolute atomic E-state index is 12.2. The second-order valence-corrected chi connectivity index (χ2v) is 9.60. The average molecular weight is 455 g/mol. The number of benzene rings is 1. The number of carbonyl (C=O) groups is 1. The Balaban J connectivity index is 1.37. The molecule has 1 saturated carbocycles. The Bertz CT molecular complexity index is 1010. The Labute approximate surface area is 190 Å². The monoisotopic (exact) mass is 454 g/mol. The normalized spacial score (nSPS) is 14.4. The Morgan fingerprint density at radius 3 is 2.58 bits per heavy atom. The van der Waals surface area contributed by atoms with Crippen molar-refractivity contribution in [3.63, 3.8) is 0 Å². The van der Waals surface area contributed by atoms with Gasteiger partial charge < -0.3 is 10.1 Å². The van der Waals surface area contributed by atoms with E-state index < -0.39 is 0 Å². The fourth-order valence-electron chi connectivity index (χ4n) is 3.67. The second-order valence-electron chi connectivity index (χ2n) is 7.61. The number of aromatic nitrogens is 3. The van der Waals surface area contributed by atoms with E-state index in [0.29, 0.717) is 11.8 Å². The molecule has 0 spiro atoms. The summed E-state index contributed by atoms with van der Waals surface area (Å²) in [5.41, 5.74) is 2.77. The largest absolute Gasteiger partial charge is 0.497 e. The molecule has 3 aromatic rings. The Morgan fingerprint density at radius 2 is 1.90 bits per heavy atom. The SMILES string of the molecule is COc1ccc(-c2nc(C)c(-c3ccc(SCC(=O)NC4CCCCC4)nn3)s2)cc1. The lowest BCUT2D eigenvalue weighted by Crippen LogP contribution is -2.37. The van der Waals surface area contributed by atoms with Crippen LogP contribution in [0.4, 0.5) is 0 Å². The molecule has 0 aliphatic heterocycles. The summed E-state index contributed by atoms with van der Waals surface area (Å²) in [6.45, 7) is 1.98. The summed E-state index contributed by atoms with van der Waals surface area (Å²) in [5, 5.41) is 13.5. The van der Waals surface area contributed by atoms with Crippen molar-refractivity contribution in [3.05, 3.63) is 42.1 Å². The number of thiazole rings is 1. The number of aryl methyl sites for hydroxylation is 1. The topological polar surface area (TPSA) is 77.0 Å². The lowest BCUT2D eigenvalue weighted by atomic mass is 9.95. The molecule has 6 nitrogen and oxygen atoms in total. The van der Waals surface area contributed by atoms with E-state index in [1.165, 1.54) is 31.0 Å². The van der Waals surface area contributed by atoms with Gasteiger partial charge in [0.15, 0.2) is 0 Å². The minimum Gasteiger partial charge on any atom is -0.497 e. The van der Waals surface area contributed by atoms with Gasteiger partial charge in [0.05, 0.1) is 23.4 Å². The van der Waals surface area contributed by atoms with Crippen LogP contribution in [-0.2, 0) is 4.79 Å². The van der Waals surface area contributed by atoms with E-state index in [-0.39, 0.29) is 5.91 Å². The van der Waals surface area contributed by atoms with Crippen LogP contribution in [0.15, 0.2) is 41.4 Å². The zero-order valence-electron chi connectivity index (χ0n) is 17.8. The van der Waals surface area contributed by atoms with Gasteiger partial charge in [-0.25, -0.2) is 4.98 Å². The third kappa shape index (κ3) is 5.62. The quantitative estimate of drug-likeness (QED) is 0.499. The maximum Gasteiger partial charge on any atom is 0.230 e. The van der Waals surface area contributed by atoms with Crippen molar-refractivity contribution in [2.45, 2.75) is 50.1 Å². The number of methoxy groups -OCH3 is 1. The molecule has 162 valence electrons. The minimum absolute atomic E-state index is 0.0743. The van der Waals surface area contributed by atoms with Gasteiger partial charge in [0.1, 0.15) is 21.5 Å². The fourth-order valence-corrected chi connectivity index (χ4v) is 5.33. The zero-order valence-corrected chi connectivity index (χ0v) is 19.4. The first-order valence-corrected chi connectivity index (χ1v) is 12.3. The van der Waals surface area contributed by atoms with Crippen molar-refractivity contribution < 1.29 is 9.53 Å². The molecule has 31 heavy (non-hydrogen) atoms. The summed E-state index contributed by atoms with van der Waals surface area (Å²) in [5.74, 6) is 1.26. The highest BCUT2D eigenvalue weighted by atomic mass is 32.2. The number of ether oxygens (including phenoxy) is 1. The summed E-state index contributed by atoms with van der Waals surface area (Å²) in [6.07, 6.45) is 5.89. The van der Waals surface area contributed by atoms with E-state index in [1.807, 2.05) is 43.3 Å². The Hall–Kier alpha value is -2.45. The molecule has 4 rings (SSSR count). The van der Waals surface area contributed by atoms with Crippen LogP contribution in [0.2, 0.25) is 0 Å². The van der Waals surface area contributed by atoms with Crippen LogP contribution in [0.1, 0.15) is 37.8 Å². The van der Waals surface area contributed by atoms with Crippen molar-refractivity contribution in [2.75, 3.05) is 12.9 Å². The first-order valence-electron chi connectivity index (χ1n) is 10.5. The van der Waals surface area contributed by atoms with Crippen molar-refractivity contribution in [2.24, 2.45) is 0 Å². The zero-order chi connectivity index (χ0) is 21.6. The van der Waals surface area contributed by atoms with Gasteiger partial charge in [0.2, 0.25) is 5.91 Å². The molecule has 1 aliphatic carbocycles. The van der Waals surface area contributed by atoms with E-state index in [9.17, 15) is 4.79 Å². The van der Waals surface area contributed by atoms with Crippen LogP contribution >= 0.6 is 23.1 Å². The molecule has 0 atom stereocenters. The lowest BCUT2D eigenvalue weighted by molar-refractivity contribution is -0.119. The van der Waals surface area contributed by atoms with Gasteiger partial charge in [-0.1, -0.05) is 31.0 Å². The first-order chi connectivity index (χ1) is 15.1. The molecule has 1 amide bonds. The number of thioether (sulfide) groups is 1. The van der Waals surface area contributed by atoms with Crippen LogP contribution < -0.4 is 10.1 Å². The maximum atomic E-state index is 12.2. The van der Waals surface area contributed by atoms with E-state index >= 15 is 0 Å². The minimum atomic E-state index is 0.0743. The number of hydrogen-bond acceptors (Lipinski definition) is 7. The van der Waals surface area contributed by atoms with Gasteiger partial charge >= 0.3 is 0 Å². The molecular weight excluding hydrogens is 428 g/mol. The average Bonchev–Trinajstić information content (AvgIpc) is 3.20. The number of rotatable bonds is 7. The fraction of sp³-hybridized carbons (Fsp3) is 0.391. The molecule has 2 heterocycles. The van der Waals surface area contributed by atoms with Crippen LogP contribution in [0.5, 0.6) is 5.75 Å². The van der Waals surface area contributed by atoms with Gasteiger partial charge in [-0.3, -0.25) is 4.79 Å². The Kier molecular flexibility index (Phi) is 7.19. The molecule has 1 fully saturated rings. The summed E-state index contributed by atoms with van der Waals surface area (Å²) in [4.78, 5) is 17.9. The van der Waals surface area contributed by atoms with Crippen LogP contribution in [0.3, 0.4) is 0 Å². The van der Waals surface area contributed by atoms with Crippen molar-refractivity contribution in [3.8, 4) is 26.9 Å². The molecule has 0 bridgehead atoms. The molecule has 0 radical (unpaired) electrons. The summed E-state index contributed by atoms with van der Waals surface area (Å²) in [6, 6.07) is 12.1. The van der Waals surface area contributed by atoms with Gasteiger partial charge in [-0.05, 0) is 56.2 Å². The van der Waals surface area contributed by atoms with Crippen LogP contribution in [0.25, 0.3) is 21.1 Å². The summed E-state index contributed by atoms with van der Waals surface area (Å²) < 4.78 is 5.22. The van der Waals surface area contributed by atoms with E-state index in [0.717, 1.165) is 50.5 Å². The third-order valence-corrected chi connectivity index (χ3v) is 7.48. The second kappa shape index (κ2) is 10.2. The molecule has 1 aromatic carbocycles. The van der Waals surface area contributed by atoms with Gasteiger partial charge in [0.25, 0.3) is 0 Å². The molecule has 2 aromatic heterocycles. The summed E-state index contributed by atoms with van der Waals surface area (Å²) >= 11 is 3.02. The highest BCUT2D eigenvalue weighted by Crippen LogP contribution is 2.35. The number of carbonyl (C=O) groups excluding carboxylic acids is 1. The number of amides is 1. The molecule has 0 unspecified atom stereocenters. The molecule has 1 N–H and O–H groups in total. The lowest BCUT2D eigenvalue weighted by Gasteiger charge is -2.22. The third-order valence-electron chi connectivity index (χ3n) is 5.33. The van der Waals surface area contributed by atoms with Gasteiger partial charge in [0, 0.05) is 11.6 Å². The van der Waals surface area contributed by atoms with Gasteiger partial charge in [-0.15, -0.1) is 21.5 Å². The highest BCUT2D eigenvalue weighted by Gasteiger charge is 2.16. The molecule has 0 saturated heterocycles. The van der Waals surface area contributed by atoms with Crippen molar-refractivity contribution >= 4 is 29.0 Å². The predicted octanol–water partition coefficient (Wildman–Crippen LogP) is 5.13. The number of hydrogen-bond donors (Lipinski definition) is 1. The van der Waals surface area contributed by atoms with Gasteiger partial charge in [-0.2, -0.15) is 0 Å². The van der Waals surface area contributed by atoms with E-state index in [2.05, 4.69) is 15.5 Å². The van der Waals surface area contributed by atoms with Crippen molar-refractivity contribution in [1.29, 1.82) is 0 Å². The smallest absolute Gasteiger partial charge is 0.230 e.